The van der Waals surface area contributed by atoms with Crippen LogP contribution in [0.2, 0.25) is 0 Å². The first-order valence-corrected chi connectivity index (χ1v) is 5.73. The summed E-state index contributed by atoms with van der Waals surface area (Å²) in [5, 5.41) is 11.0. The Bertz CT molecular complexity index is 595. The van der Waals surface area contributed by atoms with Gasteiger partial charge in [-0.2, -0.15) is 0 Å². The fourth-order valence-corrected chi connectivity index (χ4v) is 1.54. The fourth-order valence-electron chi connectivity index (χ4n) is 1.54. The van der Waals surface area contributed by atoms with Gasteiger partial charge in [-0.1, -0.05) is 12.1 Å². The summed E-state index contributed by atoms with van der Waals surface area (Å²) in [6.45, 7) is -0.829. The van der Waals surface area contributed by atoms with E-state index in [0.29, 0.717) is 11.4 Å². The van der Waals surface area contributed by atoms with E-state index in [1.54, 1.807) is 24.4 Å². The van der Waals surface area contributed by atoms with Crippen LogP contribution in [0.25, 0.3) is 11.3 Å². The van der Waals surface area contributed by atoms with Crippen molar-refractivity contribution in [2.24, 2.45) is 0 Å². The Balaban J connectivity index is 1.94. The van der Waals surface area contributed by atoms with Crippen LogP contribution in [0.3, 0.4) is 0 Å². The van der Waals surface area contributed by atoms with Crippen LogP contribution in [0.5, 0.6) is 0 Å². The molecule has 2 N–H and O–H groups in total. The lowest BCUT2D eigenvalue weighted by Gasteiger charge is -2.06. The van der Waals surface area contributed by atoms with Gasteiger partial charge in [0.15, 0.2) is 12.2 Å². The van der Waals surface area contributed by atoms with Gasteiger partial charge in [0.1, 0.15) is 13.2 Å². The lowest BCUT2D eigenvalue weighted by Crippen LogP contribution is -2.20. The number of carbonyl (C=O) groups is 2. The number of anilines is 1. The van der Waals surface area contributed by atoms with Gasteiger partial charge < -0.3 is 19.6 Å². The van der Waals surface area contributed by atoms with Gasteiger partial charge in [0.05, 0.1) is 6.20 Å². The van der Waals surface area contributed by atoms with Gasteiger partial charge in [-0.05, 0) is 12.1 Å². The molecule has 1 amide bonds. The summed E-state index contributed by atoms with van der Waals surface area (Å²) in [4.78, 5) is 25.6. The van der Waals surface area contributed by atoms with Crippen LogP contribution < -0.4 is 5.32 Å². The van der Waals surface area contributed by atoms with Crippen molar-refractivity contribution in [3.8, 4) is 11.3 Å². The van der Waals surface area contributed by atoms with E-state index >= 15 is 0 Å². The summed E-state index contributed by atoms with van der Waals surface area (Å²) in [5.74, 6) is -0.964. The van der Waals surface area contributed by atoms with Gasteiger partial charge in [-0.25, -0.2) is 9.78 Å². The number of nitrogens with zero attached hydrogens (tertiary/aromatic N) is 1. The maximum atomic E-state index is 11.5. The van der Waals surface area contributed by atoms with Gasteiger partial charge >= 0.3 is 5.97 Å². The molecule has 0 radical (unpaired) electrons. The van der Waals surface area contributed by atoms with Crippen molar-refractivity contribution in [1.82, 2.24) is 4.98 Å². The second-order valence-corrected chi connectivity index (χ2v) is 3.88. The minimum atomic E-state index is -1.12. The number of ether oxygens (including phenoxy) is 1. The standard InChI is InChI=1S/C13H12N2O5/c16-12(6-19-7-13(17)18)15-10-3-1-2-9(4-10)11-5-14-8-20-11/h1-5,8H,6-7H2,(H,15,16)(H,17,18). The maximum Gasteiger partial charge on any atom is 0.329 e. The maximum absolute atomic E-state index is 11.5. The zero-order chi connectivity index (χ0) is 14.4. The summed E-state index contributed by atoms with van der Waals surface area (Å²) >= 11 is 0. The molecule has 20 heavy (non-hydrogen) atoms. The Labute approximate surface area is 114 Å². The monoisotopic (exact) mass is 276 g/mol. The normalized spacial score (nSPS) is 10.2. The molecule has 7 nitrogen and oxygen atoms in total. The largest absolute Gasteiger partial charge is 0.480 e. The molecule has 0 atom stereocenters. The van der Waals surface area contributed by atoms with Gasteiger partial charge in [0.25, 0.3) is 0 Å². The van der Waals surface area contributed by atoms with Crippen LogP contribution in [-0.2, 0) is 14.3 Å². The first kappa shape index (κ1) is 13.8. The molecule has 0 unspecified atom stereocenters. The molecule has 7 heteroatoms. The lowest BCUT2D eigenvalue weighted by molar-refractivity contribution is -0.143. The van der Waals surface area contributed by atoms with Crippen LogP contribution in [0.4, 0.5) is 5.69 Å². The van der Waals surface area contributed by atoms with Crippen molar-refractivity contribution in [3.05, 3.63) is 36.9 Å². The second-order valence-electron chi connectivity index (χ2n) is 3.88. The number of hydrogen-bond donors (Lipinski definition) is 2. The lowest BCUT2D eigenvalue weighted by atomic mass is 10.1. The summed E-state index contributed by atoms with van der Waals surface area (Å²) in [7, 11) is 0. The fraction of sp³-hybridized carbons (Fsp3) is 0.154. The predicted octanol–water partition coefficient (Wildman–Crippen LogP) is 1.38. The van der Waals surface area contributed by atoms with Gasteiger partial charge in [0, 0.05) is 11.3 Å². The third-order valence-corrected chi connectivity index (χ3v) is 2.32. The van der Waals surface area contributed by atoms with Crippen LogP contribution >= 0.6 is 0 Å². The van der Waals surface area contributed by atoms with Gasteiger partial charge in [-0.15, -0.1) is 0 Å². The van der Waals surface area contributed by atoms with E-state index in [2.05, 4.69) is 10.3 Å². The highest BCUT2D eigenvalue weighted by atomic mass is 16.5. The quantitative estimate of drug-likeness (QED) is 0.826. The Kier molecular flexibility index (Phi) is 4.46. The number of benzene rings is 1. The Morgan fingerprint density at radius 2 is 2.20 bits per heavy atom. The zero-order valence-electron chi connectivity index (χ0n) is 10.4. The Morgan fingerprint density at radius 1 is 1.35 bits per heavy atom. The summed E-state index contributed by atoms with van der Waals surface area (Å²) in [6, 6.07) is 6.99. The molecule has 0 aliphatic heterocycles. The first-order chi connectivity index (χ1) is 9.65. The topological polar surface area (TPSA) is 102 Å². The molecule has 1 aromatic heterocycles. The Morgan fingerprint density at radius 3 is 2.90 bits per heavy atom. The molecule has 0 spiro atoms. The number of rotatable bonds is 6. The van der Waals surface area contributed by atoms with E-state index in [4.69, 9.17) is 14.3 Å². The van der Waals surface area contributed by atoms with E-state index in [1.807, 2.05) is 6.07 Å². The van der Waals surface area contributed by atoms with Crippen molar-refractivity contribution in [1.29, 1.82) is 0 Å². The van der Waals surface area contributed by atoms with Crippen molar-refractivity contribution < 1.29 is 23.8 Å². The van der Waals surface area contributed by atoms with Gasteiger partial charge in [-0.3, -0.25) is 4.79 Å². The number of carboxylic acid groups (broad SMARTS) is 1. The molecule has 0 saturated carbocycles. The average Bonchev–Trinajstić information content (AvgIpc) is 2.92. The van der Waals surface area contributed by atoms with Crippen LogP contribution in [-0.4, -0.2) is 35.2 Å². The van der Waals surface area contributed by atoms with Crippen LogP contribution in [0.15, 0.2) is 41.3 Å². The number of carboxylic acids is 1. The molecule has 2 rings (SSSR count). The number of carbonyl (C=O) groups excluding carboxylic acids is 1. The number of oxazole rings is 1. The predicted molar refractivity (Wildman–Crippen MR) is 69.0 cm³/mol. The smallest absolute Gasteiger partial charge is 0.329 e. The molecule has 2 aromatic rings. The zero-order valence-corrected chi connectivity index (χ0v) is 10.4. The van der Waals surface area contributed by atoms with Gasteiger partial charge in [0.2, 0.25) is 5.91 Å². The third-order valence-electron chi connectivity index (χ3n) is 2.32. The van der Waals surface area contributed by atoms with E-state index in [-0.39, 0.29) is 6.61 Å². The van der Waals surface area contributed by atoms with Crippen molar-refractivity contribution >= 4 is 17.6 Å². The SMILES string of the molecule is O=C(O)COCC(=O)Nc1cccc(-c2cnco2)c1. The minimum Gasteiger partial charge on any atom is -0.480 e. The molecule has 1 heterocycles. The number of aromatic nitrogens is 1. The van der Waals surface area contributed by atoms with E-state index < -0.39 is 18.5 Å². The molecule has 1 aromatic carbocycles. The summed E-state index contributed by atoms with van der Waals surface area (Å²) in [5.41, 5.74) is 1.33. The van der Waals surface area contributed by atoms with E-state index in [1.165, 1.54) is 6.39 Å². The number of hydrogen-bond acceptors (Lipinski definition) is 5. The highest BCUT2D eigenvalue weighted by Crippen LogP contribution is 2.21. The first-order valence-electron chi connectivity index (χ1n) is 5.73. The van der Waals surface area contributed by atoms with Crippen LogP contribution in [0.1, 0.15) is 0 Å². The van der Waals surface area contributed by atoms with Crippen molar-refractivity contribution in [2.75, 3.05) is 18.5 Å². The van der Waals surface area contributed by atoms with Crippen LogP contribution in [0, 0.1) is 0 Å². The number of nitrogens with one attached hydrogen (secondary N) is 1. The Hall–Kier alpha value is -2.67. The minimum absolute atomic E-state index is 0.321. The second kappa shape index (κ2) is 6.48. The molecule has 0 fully saturated rings. The average molecular weight is 276 g/mol. The highest BCUT2D eigenvalue weighted by Gasteiger charge is 2.06. The van der Waals surface area contributed by atoms with Crippen molar-refractivity contribution in [3.63, 3.8) is 0 Å². The van der Waals surface area contributed by atoms with E-state index in [9.17, 15) is 9.59 Å². The van der Waals surface area contributed by atoms with E-state index in [0.717, 1.165) is 5.56 Å². The molecule has 0 bridgehead atoms. The third kappa shape index (κ3) is 3.92. The molecule has 0 aliphatic carbocycles. The number of aliphatic carboxylic acids is 1. The molecule has 0 saturated heterocycles. The van der Waals surface area contributed by atoms with Crippen molar-refractivity contribution in [2.45, 2.75) is 0 Å². The molecule has 0 aliphatic rings. The number of amides is 1. The summed E-state index contributed by atoms with van der Waals surface area (Å²) in [6.07, 6.45) is 2.89. The highest BCUT2D eigenvalue weighted by molar-refractivity contribution is 5.92. The molecule has 104 valence electrons. The molecular weight excluding hydrogens is 264 g/mol. The summed E-state index contributed by atoms with van der Waals surface area (Å²) < 4.78 is 9.85. The molecular formula is C13H12N2O5.